The molecule has 1 unspecified atom stereocenters. The minimum absolute atomic E-state index is 0.277. The number of hydrogen-bond acceptors (Lipinski definition) is 3. The zero-order chi connectivity index (χ0) is 13.4. The third-order valence-corrected chi connectivity index (χ3v) is 4.91. The van der Waals surface area contributed by atoms with Gasteiger partial charge in [0.2, 0.25) is 0 Å². The molecule has 3 heteroatoms. The van der Waals surface area contributed by atoms with E-state index in [9.17, 15) is 0 Å². The Morgan fingerprint density at radius 3 is 2.17 bits per heavy atom. The molecule has 1 rings (SSSR count). The van der Waals surface area contributed by atoms with Crippen LogP contribution >= 0.6 is 0 Å². The number of nitrogens with zero attached hydrogens (tertiary/aromatic N) is 1. The van der Waals surface area contributed by atoms with Crippen molar-refractivity contribution in [2.45, 2.75) is 83.7 Å². The van der Waals surface area contributed by atoms with Gasteiger partial charge in [-0.2, -0.15) is 0 Å². The summed E-state index contributed by atoms with van der Waals surface area (Å²) in [4.78, 5) is 2.70. The van der Waals surface area contributed by atoms with Crippen LogP contribution < -0.4 is 11.3 Å². The molecule has 0 amide bonds. The molecule has 0 saturated carbocycles. The van der Waals surface area contributed by atoms with E-state index in [2.05, 4.69) is 31.1 Å². The van der Waals surface area contributed by atoms with Crippen LogP contribution in [-0.2, 0) is 0 Å². The van der Waals surface area contributed by atoms with E-state index in [4.69, 9.17) is 5.84 Å². The highest BCUT2D eigenvalue weighted by atomic mass is 15.3. The Labute approximate surface area is 113 Å². The monoisotopic (exact) mass is 255 g/mol. The van der Waals surface area contributed by atoms with Gasteiger partial charge in [-0.1, -0.05) is 40.0 Å². The van der Waals surface area contributed by atoms with Crippen molar-refractivity contribution in [1.29, 1.82) is 0 Å². The molecule has 1 fully saturated rings. The maximum absolute atomic E-state index is 5.88. The van der Waals surface area contributed by atoms with E-state index in [1.807, 2.05) is 0 Å². The van der Waals surface area contributed by atoms with Gasteiger partial charge in [-0.05, 0) is 45.2 Å². The van der Waals surface area contributed by atoms with Gasteiger partial charge in [-0.15, -0.1) is 0 Å². The minimum atomic E-state index is 0.277. The number of rotatable bonds is 9. The van der Waals surface area contributed by atoms with Gasteiger partial charge in [0.1, 0.15) is 0 Å². The average molecular weight is 255 g/mol. The Bertz CT molecular complexity index is 208. The van der Waals surface area contributed by atoms with Crippen LogP contribution in [0.3, 0.4) is 0 Å². The van der Waals surface area contributed by atoms with Crippen LogP contribution in [0.1, 0.15) is 72.1 Å². The molecule has 0 aromatic rings. The summed E-state index contributed by atoms with van der Waals surface area (Å²) in [6.07, 6.45) is 10.2. The van der Waals surface area contributed by atoms with Gasteiger partial charge >= 0.3 is 0 Å². The summed E-state index contributed by atoms with van der Waals surface area (Å²) in [5.74, 6) is 5.88. The highest BCUT2D eigenvalue weighted by Gasteiger charge is 2.41. The van der Waals surface area contributed by atoms with E-state index >= 15 is 0 Å². The highest BCUT2D eigenvalue weighted by Crippen LogP contribution is 2.33. The predicted molar refractivity (Wildman–Crippen MR) is 79.4 cm³/mol. The van der Waals surface area contributed by atoms with Gasteiger partial charge in [0.15, 0.2) is 0 Å². The van der Waals surface area contributed by atoms with Crippen molar-refractivity contribution >= 4 is 0 Å². The minimum Gasteiger partial charge on any atom is -0.296 e. The molecule has 1 aliphatic rings. The lowest BCUT2D eigenvalue weighted by Crippen LogP contribution is -2.61. The maximum atomic E-state index is 5.88. The molecule has 0 aromatic carbocycles. The van der Waals surface area contributed by atoms with Crippen LogP contribution in [-0.4, -0.2) is 29.6 Å². The second-order valence-corrected chi connectivity index (χ2v) is 5.72. The van der Waals surface area contributed by atoms with Crippen molar-refractivity contribution in [2.24, 2.45) is 5.84 Å². The molecular formula is C15H33N3. The molecule has 0 bridgehead atoms. The molecule has 18 heavy (non-hydrogen) atoms. The van der Waals surface area contributed by atoms with Crippen LogP contribution in [0.15, 0.2) is 0 Å². The molecular weight excluding hydrogens is 222 g/mol. The van der Waals surface area contributed by atoms with Crippen molar-refractivity contribution in [3.8, 4) is 0 Å². The van der Waals surface area contributed by atoms with Crippen molar-refractivity contribution < 1.29 is 0 Å². The van der Waals surface area contributed by atoms with Gasteiger partial charge < -0.3 is 0 Å². The van der Waals surface area contributed by atoms with Crippen LogP contribution in [0.4, 0.5) is 0 Å². The molecule has 0 radical (unpaired) electrons. The molecule has 1 saturated heterocycles. The average Bonchev–Trinajstić information content (AvgIpc) is 2.93. The van der Waals surface area contributed by atoms with Crippen molar-refractivity contribution in [3.05, 3.63) is 0 Å². The summed E-state index contributed by atoms with van der Waals surface area (Å²) in [6, 6.07) is 0.442. The fourth-order valence-corrected chi connectivity index (χ4v) is 3.68. The Morgan fingerprint density at radius 1 is 1.11 bits per heavy atom. The van der Waals surface area contributed by atoms with Gasteiger partial charge in [-0.25, -0.2) is 0 Å². The molecule has 0 spiro atoms. The first kappa shape index (κ1) is 15.9. The summed E-state index contributed by atoms with van der Waals surface area (Å²) in [6.45, 7) is 9.43. The summed E-state index contributed by atoms with van der Waals surface area (Å²) < 4.78 is 0. The van der Waals surface area contributed by atoms with Crippen LogP contribution in [0, 0.1) is 0 Å². The normalized spacial score (nSPS) is 19.3. The number of hydrogen-bond donors (Lipinski definition) is 2. The Morgan fingerprint density at radius 2 is 1.72 bits per heavy atom. The fourth-order valence-electron chi connectivity index (χ4n) is 3.68. The smallest absolute Gasteiger partial charge is 0.0394 e. The zero-order valence-corrected chi connectivity index (χ0v) is 12.7. The molecule has 1 heterocycles. The molecule has 0 aliphatic carbocycles. The first-order valence-electron chi connectivity index (χ1n) is 7.96. The van der Waals surface area contributed by atoms with Crippen molar-refractivity contribution in [1.82, 2.24) is 10.3 Å². The second-order valence-electron chi connectivity index (χ2n) is 5.72. The van der Waals surface area contributed by atoms with Gasteiger partial charge in [-0.3, -0.25) is 16.2 Å². The zero-order valence-electron chi connectivity index (χ0n) is 12.7. The highest BCUT2D eigenvalue weighted by molar-refractivity contribution is 4.99. The summed E-state index contributed by atoms with van der Waals surface area (Å²) >= 11 is 0. The Balaban J connectivity index is 2.71. The predicted octanol–water partition coefficient (Wildman–Crippen LogP) is 3.05. The fraction of sp³-hybridized carbons (Fsp3) is 1.00. The molecule has 3 N–H and O–H groups in total. The molecule has 108 valence electrons. The lowest BCUT2D eigenvalue weighted by atomic mass is 9.80. The van der Waals surface area contributed by atoms with Crippen molar-refractivity contribution in [2.75, 3.05) is 13.1 Å². The van der Waals surface area contributed by atoms with Gasteiger partial charge in [0.25, 0.3) is 0 Å². The Kier molecular flexibility index (Phi) is 7.20. The number of nitrogens with one attached hydrogen (secondary N) is 1. The van der Waals surface area contributed by atoms with Crippen LogP contribution in [0.25, 0.3) is 0 Å². The van der Waals surface area contributed by atoms with E-state index in [0.29, 0.717) is 6.04 Å². The van der Waals surface area contributed by atoms with E-state index in [-0.39, 0.29) is 5.54 Å². The van der Waals surface area contributed by atoms with E-state index in [1.54, 1.807) is 0 Å². The Hall–Kier alpha value is -0.120. The SMILES string of the molecule is CCCCCC(NN)C(CC)(CC)N1CCCC1. The quantitative estimate of drug-likeness (QED) is 0.378. The number of nitrogens with two attached hydrogens (primary N) is 1. The summed E-state index contributed by atoms with van der Waals surface area (Å²) in [7, 11) is 0. The lowest BCUT2D eigenvalue weighted by Gasteiger charge is -2.46. The van der Waals surface area contributed by atoms with Crippen LogP contribution in [0.5, 0.6) is 0 Å². The van der Waals surface area contributed by atoms with Crippen LogP contribution in [0.2, 0.25) is 0 Å². The first-order valence-corrected chi connectivity index (χ1v) is 7.96. The van der Waals surface area contributed by atoms with E-state index < -0.39 is 0 Å². The second kappa shape index (κ2) is 8.13. The number of likely N-dealkylation sites (tertiary alicyclic amines) is 1. The molecule has 1 atom stereocenters. The van der Waals surface area contributed by atoms with Crippen molar-refractivity contribution in [3.63, 3.8) is 0 Å². The molecule has 1 aliphatic heterocycles. The van der Waals surface area contributed by atoms with Gasteiger partial charge in [0.05, 0.1) is 0 Å². The number of hydrazine groups is 1. The summed E-state index contributed by atoms with van der Waals surface area (Å²) in [5.41, 5.74) is 3.42. The van der Waals surface area contributed by atoms with E-state index in [0.717, 1.165) is 0 Å². The van der Waals surface area contributed by atoms with Gasteiger partial charge in [0, 0.05) is 11.6 Å². The third-order valence-electron chi connectivity index (χ3n) is 4.91. The largest absolute Gasteiger partial charge is 0.296 e. The van der Waals surface area contributed by atoms with E-state index in [1.165, 1.54) is 64.5 Å². The molecule has 0 aromatic heterocycles. The lowest BCUT2D eigenvalue weighted by molar-refractivity contribution is 0.0576. The first-order chi connectivity index (χ1) is 8.75. The summed E-state index contributed by atoms with van der Waals surface area (Å²) in [5, 5.41) is 0. The standard InChI is InChI=1S/C15H33N3/c1-4-7-8-11-14(17-16)15(5-2,6-3)18-12-9-10-13-18/h14,17H,4-13,16H2,1-3H3. The third kappa shape index (κ3) is 3.46. The number of unbranched alkanes of at least 4 members (excludes halogenated alkanes) is 2. The molecule has 3 nitrogen and oxygen atoms in total. The maximum Gasteiger partial charge on any atom is 0.0394 e. The topological polar surface area (TPSA) is 41.3 Å².